The molecular formula is C21H19N5O3. The van der Waals surface area contributed by atoms with Gasteiger partial charge in [0.25, 0.3) is 11.8 Å². The summed E-state index contributed by atoms with van der Waals surface area (Å²) in [4.78, 5) is 29.7. The van der Waals surface area contributed by atoms with E-state index in [-0.39, 0.29) is 12.1 Å². The van der Waals surface area contributed by atoms with Crippen LogP contribution in [-0.4, -0.2) is 55.8 Å². The van der Waals surface area contributed by atoms with Crippen molar-refractivity contribution in [3.63, 3.8) is 0 Å². The zero-order valence-corrected chi connectivity index (χ0v) is 16.0. The first-order valence-corrected chi connectivity index (χ1v) is 9.05. The highest BCUT2D eigenvalue weighted by Gasteiger charge is 2.42. The zero-order valence-electron chi connectivity index (χ0n) is 16.0. The molecule has 0 unspecified atom stereocenters. The minimum Gasteiger partial charge on any atom is -0.369 e. The number of fused-ring (bicyclic) bond motifs is 1. The lowest BCUT2D eigenvalue weighted by atomic mass is 10.0. The number of carbonyl (C=O) groups is 2. The highest BCUT2D eigenvalue weighted by atomic mass is 16.3. The molecule has 0 spiro atoms. The number of likely N-dealkylation sites (N-methyl/N-ethyl adjacent to an activating group) is 1. The molecule has 146 valence electrons. The van der Waals surface area contributed by atoms with Crippen LogP contribution in [0.3, 0.4) is 0 Å². The Morgan fingerprint density at radius 3 is 2.83 bits per heavy atom. The number of pyridine rings is 1. The molecule has 8 heteroatoms. The molecule has 0 bridgehead atoms. The number of hydrogen-bond acceptors (Lipinski definition) is 5. The molecule has 3 heterocycles. The molecule has 3 aromatic rings. The summed E-state index contributed by atoms with van der Waals surface area (Å²) in [5.74, 6) is 4.56. The Kier molecular flexibility index (Phi) is 4.32. The first kappa shape index (κ1) is 18.7. The van der Waals surface area contributed by atoms with Crippen LogP contribution in [0.2, 0.25) is 0 Å². The van der Waals surface area contributed by atoms with Crippen molar-refractivity contribution in [3.8, 4) is 17.5 Å². The molecule has 1 atom stereocenters. The summed E-state index contributed by atoms with van der Waals surface area (Å²) in [6.07, 6.45) is 1.91. The standard InChI is InChI=1S/C21H19N5O3/c1-13-10-16-17(12-23-13)26(24-18(16)19(22)27)15-5-3-4-14(11-15)6-7-21(29)8-9-25(2)20(21)28/h3-5,10-12,29H,8-9H2,1-2H3,(H2,22,27)/t21-/m0/s1. The van der Waals surface area contributed by atoms with Gasteiger partial charge in [-0.25, -0.2) is 4.68 Å². The number of likely N-dealkylation sites (tertiary alicyclic amines) is 1. The van der Waals surface area contributed by atoms with Gasteiger partial charge < -0.3 is 15.7 Å². The van der Waals surface area contributed by atoms with E-state index in [0.717, 1.165) is 5.69 Å². The number of aryl methyl sites for hydroxylation is 1. The summed E-state index contributed by atoms with van der Waals surface area (Å²) < 4.78 is 1.58. The van der Waals surface area contributed by atoms with Crippen LogP contribution in [0.15, 0.2) is 36.5 Å². The molecule has 0 saturated carbocycles. The average Bonchev–Trinajstić information content (AvgIpc) is 3.20. The van der Waals surface area contributed by atoms with Gasteiger partial charge in [0.1, 0.15) is 0 Å². The van der Waals surface area contributed by atoms with Crippen LogP contribution in [0.1, 0.15) is 28.2 Å². The molecule has 29 heavy (non-hydrogen) atoms. The van der Waals surface area contributed by atoms with Crippen molar-refractivity contribution in [2.75, 3.05) is 13.6 Å². The smallest absolute Gasteiger partial charge is 0.269 e. The van der Waals surface area contributed by atoms with Gasteiger partial charge >= 0.3 is 0 Å². The predicted molar refractivity (Wildman–Crippen MR) is 106 cm³/mol. The summed E-state index contributed by atoms with van der Waals surface area (Å²) in [6, 6.07) is 8.89. The molecule has 1 saturated heterocycles. The number of amides is 2. The molecule has 8 nitrogen and oxygen atoms in total. The molecule has 0 radical (unpaired) electrons. The van der Waals surface area contributed by atoms with Gasteiger partial charge in [-0.15, -0.1) is 0 Å². The number of aliphatic hydroxyl groups is 1. The van der Waals surface area contributed by atoms with E-state index < -0.39 is 17.4 Å². The van der Waals surface area contributed by atoms with Crippen molar-refractivity contribution in [2.24, 2.45) is 5.73 Å². The maximum absolute atomic E-state index is 12.1. The molecule has 4 rings (SSSR count). The van der Waals surface area contributed by atoms with Crippen molar-refractivity contribution in [2.45, 2.75) is 18.9 Å². The van der Waals surface area contributed by atoms with E-state index in [1.54, 1.807) is 42.2 Å². The van der Waals surface area contributed by atoms with Gasteiger partial charge in [0.2, 0.25) is 5.60 Å². The Bertz CT molecular complexity index is 1220. The summed E-state index contributed by atoms with van der Waals surface area (Å²) >= 11 is 0. The number of nitrogens with two attached hydrogens (primary N) is 1. The number of carbonyl (C=O) groups excluding carboxylic acids is 2. The number of aromatic nitrogens is 3. The Morgan fingerprint density at radius 2 is 2.14 bits per heavy atom. The maximum atomic E-state index is 12.1. The molecule has 3 N–H and O–H groups in total. The molecular weight excluding hydrogens is 370 g/mol. The molecule has 1 aliphatic heterocycles. The van der Waals surface area contributed by atoms with Crippen LogP contribution >= 0.6 is 0 Å². The largest absolute Gasteiger partial charge is 0.369 e. The Morgan fingerprint density at radius 1 is 1.34 bits per heavy atom. The first-order valence-electron chi connectivity index (χ1n) is 9.05. The molecule has 1 aliphatic rings. The third-order valence-electron chi connectivity index (χ3n) is 4.95. The summed E-state index contributed by atoms with van der Waals surface area (Å²) in [5, 5.41) is 15.4. The second kappa shape index (κ2) is 6.72. The molecule has 1 fully saturated rings. The number of nitrogens with zero attached hydrogens (tertiary/aromatic N) is 4. The summed E-state index contributed by atoms with van der Waals surface area (Å²) in [5.41, 5.74) is 6.63. The van der Waals surface area contributed by atoms with Gasteiger partial charge in [-0.1, -0.05) is 17.9 Å². The molecule has 0 aliphatic carbocycles. The van der Waals surface area contributed by atoms with E-state index in [4.69, 9.17) is 5.73 Å². The Balaban J connectivity index is 1.77. The second-order valence-corrected chi connectivity index (χ2v) is 7.10. The van der Waals surface area contributed by atoms with E-state index in [2.05, 4.69) is 21.9 Å². The van der Waals surface area contributed by atoms with Crippen LogP contribution in [0.4, 0.5) is 0 Å². The van der Waals surface area contributed by atoms with Gasteiger partial charge in [-0.05, 0) is 31.2 Å². The van der Waals surface area contributed by atoms with Crippen molar-refractivity contribution >= 4 is 22.7 Å². The number of hydrogen-bond donors (Lipinski definition) is 2. The van der Waals surface area contributed by atoms with Crippen LogP contribution in [0, 0.1) is 18.8 Å². The highest BCUT2D eigenvalue weighted by molar-refractivity contribution is 6.04. The maximum Gasteiger partial charge on any atom is 0.269 e. The lowest BCUT2D eigenvalue weighted by Crippen LogP contribution is -2.37. The fourth-order valence-electron chi connectivity index (χ4n) is 3.36. The molecule has 1 aromatic carbocycles. The Labute approximate surface area is 166 Å². The molecule has 2 aromatic heterocycles. The van der Waals surface area contributed by atoms with E-state index >= 15 is 0 Å². The van der Waals surface area contributed by atoms with Gasteiger partial charge in [-0.3, -0.25) is 14.6 Å². The van der Waals surface area contributed by atoms with Crippen LogP contribution in [0.25, 0.3) is 16.6 Å². The fraction of sp³-hybridized carbons (Fsp3) is 0.238. The predicted octanol–water partition coefficient (Wildman–Crippen LogP) is 0.773. The third-order valence-corrected chi connectivity index (χ3v) is 4.95. The van der Waals surface area contributed by atoms with Gasteiger partial charge in [0.05, 0.1) is 17.4 Å². The van der Waals surface area contributed by atoms with Crippen molar-refractivity contribution in [1.29, 1.82) is 0 Å². The zero-order chi connectivity index (χ0) is 20.8. The molecule has 2 amide bonds. The fourth-order valence-corrected chi connectivity index (χ4v) is 3.36. The van der Waals surface area contributed by atoms with Crippen LogP contribution in [0.5, 0.6) is 0 Å². The minimum atomic E-state index is -1.66. The topological polar surface area (TPSA) is 114 Å². The average molecular weight is 389 g/mol. The summed E-state index contributed by atoms with van der Waals surface area (Å²) in [6.45, 7) is 2.29. The Hall–Kier alpha value is -3.70. The lowest BCUT2D eigenvalue weighted by molar-refractivity contribution is -0.137. The first-order chi connectivity index (χ1) is 13.8. The minimum absolute atomic E-state index is 0.163. The number of benzene rings is 1. The monoisotopic (exact) mass is 389 g/mol. The second-order valence-electron chi connectivity index (χ2n) is 7.10. The number of rotatable bonds is 2. The quantitative estimate of drug-likeness (QED) is 0.629. The normalized spacial score (nSPS) is 18.7. The number of primary amides is 1. The van der Waals surface area contributed by atoms with Crippen molar-refractivity contribution in [1.82, 2.24) is 19.7 Å². The van der Waals surface area contributed by atoms with Crippen molar-refractivity contribution in [3.05, 3.63) is 53.5 Å². The van der Waals surface area contributed by atoms with Crippen molar-refractivity contribution < 1.29 is 14.7 Å². The van der Waals surface area contributed by atoms with E-state index in [0.29, 0.717) is 28.7 Å². The van der Waals surface area contributed by atoms with Crippen LogP contribution in [-0.2, 0) is 4.79 Å². The van der Waals surface area contributed by atoms with Gasteiger partial charge in [0, 0.05) is 36.7 Å². The van der Waals surface area contributed by atoms with E-state index in [1.807, 2.05) is 13.0 Å². The van der Waals surface area contributed by atoms with E-state index in [1.165, 1.54) is 4.90 Å². The summed E-state index contributed by atoms with van der Waals surface area (Å²) in [7, 11) is 1.64. The third kappa shape index (κ3) is 3.22. The van der Waals surface area contributed by atoms with E-state index in [9.17, 15) is 14.7 Å². The van der Waals surface area contributed by atoms with Gasteiger partial charge in [-0.2, -0.15) is 5.10 Å². The lowest BCUT2D eigenvalue weighted by Gasteiger charge is -2.13. The SMILES string of the molecule is Cc1cc2c(C(N)=O)nn(-c3cccc(C#C[C@]4(O)CCN(C)C4=O)c3)c2cn1. The van der Waals surface area contributed by atoms with Crippen LogP contribution < -0.4 is 5.73 Å². The van der Waals surface area contributed by atoms with Gasteiger partial charge in [0.15, 0.2) is 5.69 Å². The highest BCUT2D eigenvalue weighted by Crippen LogP contribution is 2.23.